The van der Waals surface area contributed by atoms with Crippen molar-refractivity contribution in [3.8, 4) is 0 Å². The second kappa shape index (κ2) is 7.36. The number of hydrogen-bond acceptors (Lipinski definition) is 3. The first-order valence-corrected chi connectivity index (χ1v) is 6.94. The maximum absolute atomic E-state index is 12.8. The molecule has 0 spiro atoms. The molecule has 0 heterocycles. The lowest BCUT2D eigenvalue weighted by molar-refractivity contribution is -0.119. The lowest BCUT2D eigenvalue weighted by atomic mass is 10.1. The summed E-state index contributed by atoms with van der Waals surface area (Å²) in [6, 6.07) is 13.7. The number of anilines is 1. The first kappa shape index (κ1) is 15.7. The Morgan fingerprint density at radius 3 is 2.36 bits per heavy atom. The predicted molar refractivity (Wildman–Crippen MR) is 86.4 cm³/mol. The summed E-state index contributed by atoms with van der Waals surface area (Å²) in [5.41, 5.74) is 5.88. The molecule has 0 bridgehead atoms. The number of aryl methyl sites for hydroxylation is 1. The second-order valence-electron chi connectivity index (χ2n) is 4.96. The van der Waals surface area contributed by atoms with E-state index in [0.717, 1.165) is 16.8 Å². The number of benzene rings is 2. The quantitative estimate of drug-likeness (QED) is 0.658. The number of carbonyl (C=O) groups is 1. The molecule has 114 valence electrons. The van der Waals surface area contributed by atoms with Crippen LogP contribution in [0, 0.1) is 12.7 Å². The van der Waals surface area contributed by atoms with Crippen molar-refractivity contribution >= 4 is 17.3 Å². The summed E-state index contributed by atoms with van der Waals surface area (Å²) in [5, 5.41) is 7.02. The van der Waals surface area contributed by atoms with Crippen LogP contribution in [0.2, 0.25) is 0 Å². The average Bonchev–Trinajstić information content (AvgIpc) is 2.52. The van der Waals surface area contributed by atoms with Crippen LogP contribution >= 0.6 is 0 Å². The summed E-state index contributed by atoms with van der Waals surface area (Å²) >= 11 is 0. The van der Waals surface area contributed by atoms with E-state index in [9.17, 15) is 9.18 Å². The van der Waals surface area contributed by atoms with Crippen LogP contribution in [-0.4, -0.2) is 18.2 Å². The maximum atomic E-state index is 12.8. The Hall–Kier alpha value is -2.69. The Morgan fingerprint density at radius 2 is 1.73 bits per heavy atom. The molecule has 2 rings (SSSR count). The monoisotopic (exact) mass is 299 g/mol. The van der Waals surface area contributed by atoms with Gasteiger partial charge in [-0.3, -0.25) is 4.79 Å². The highest BCUT2D eigenvalue weighted by Gasteiger charge is 2.02. The first-order chi connectivity index (χ1) is 10.5. The van der Waals surface area contributed by atoms with Gasteiger partial charge in [-0.25, -0.2) is 9.82 Å². The van der Waals surface area contributed by atoms with E-state index < -0.39 is 0 Å². The largest absolute Gasteiger partial charge is 0.376 e. The van der Waals surface area contributed by atoms with Crippen molar-refractivity contribution in [2.24, 2.45) is 5.10 Å². The molecule has 2 aromatic rings. The minimum atomic E-state index is -0.303. The van der Waals surface area contributed by atoms with Crippen molar-refractivity contribution in [3.05, 3.63) is 65.5 Å². The number of carbonyl (C=O) groups excluding carboxylic acids is 1. The zero-order valence-electron chi connectivity index (χ0n) is 12.6. The number of rotatable bonds is 5. The summed E-state index contributed by atoms with van der Waals surface area (Å²) in [6.45, 7) is 3.88. The highest BCUT2D eigenvalue weighted by atomic mass is 19.1. The van der Waals surface area contributed by atoms with Crippen LogP contribution < -0.4 is 10.7 Å². The lowest BCUT2D eigenvalue weighted by Crippen LogP contribution is -2.26. The summed E-state index contributed by atoms with van der Waals surface area (Å²) in [7, 11) is 0. The van der Waals surface area contributed by atoms with E-state index in [-0.39, 0.29) is 18.3 Å². The topological polar surface area (TPSA) is 53.5 Å². The summed E-state index contributed by atoms with van der Waals surface area (Å²) in [5.74, 6) is -0.551. The molecule has 5 heteroatoms. The zero-order valence-corrected chi connectivity index (χ0v) is 12.6. The molecule has 0 atom stereocenters. The Morgan fingerprint density at radius 1 is 1.09 bits per heavy atom. The summed E-state index contributed by atoms with van der Waals surface area (Å²) in [4.78, 5) is 11.7. The molecule has 0 radical (unpaired) electrons. The van der Waals surface area contributed by atoms with Gasteiger partial charge in [-0.15, -0.1) is 0 Å². The smallest absolute Gasteiger partial charge is 0.259 e. The van der Waals surface area contributed by atoms with Gasteiger partial charge in [-0.1, -0.05) is 29.8 Å². The van der Waals surface area contributed by atoms with E-state index >= 15 is 0 Å². The molecule has 0 saturated carbocycles. The van der Waals surface area contributed by atoms with E-state index in [1.165, 1.54) is 12.1 Å². The predicted octanol–water partition coefficient (Wildman–Crippen LogP) is 3.09. The van der Waals surface area contributed by atoms with Gasteiger partial charge in [0, 0.05) is 5.69 Å². The fraction of sp³-hybridized carbons (Fsp3) is 0.176. The highest BCUT2D eigenvalue weighted by molar-refractivity contribution is 5.99. The van der Waals surface area contributed by atoms with Gasteiger partial charge in [0.25, 0.3) is 5.91 Å². The number of amides is 1. The van der Waals surface area contributed by atoms with Gasteiger partial charge in [0.1, 0.15) is 5.82 Å². The summed E-state index contributed by atoms with van der Waals surface area (Å²) < 4.78 is 12.8. The lowest BCUT2D eigenvalue weighted by Gasteiger charge is -2.06. The SMILES string of the molecule is C/C(=N/NC(=O)CNc1ccc(C)cc1)c1ccc(F)cc1. The van der Waals surface area contributed by atoms with Crippen molar-refractivity contribution in [1.82, 2.24) is 5.43 Å². The number of nitrogens with zero attached hydrogens (tertiary/aromatic N) is 1. The third kappa shape index (κ3) is 4.70. The first-order valence-electron chi connectivity index (χ1n) is 6.94. The molecule has 0 fully saturated rings. The van der Waals surface area contributed by atoms with Crippen LogP contribution in [0.3, 0.4) is 0 Å². The second-order valence-corrected chi connectivity index (χ2v) is 4.96. The molecule has 1 amide bonds. The van der Waals surface area contributed by atoms with Crippen LogP contribution in [0.1, 0.15) is 18.1 Å². The van der Waals surface area contributed by atoms with Gasteiger partial charge in [0.05, 0.1) is 12.3 Å². The molecule has 0 unspecified atom stereocenters. The Bertz CT molecular complexity index is 663. The standard InChI is InChI=1S/C17H18FN3O/c1-12-3-9-16(10-4-12)19-11-17(22)21-20-13(2)14-5-7-15(18)8-6-14/h3-10,19H,11H2,1-2H3,(H,21,22)/b20-13-. The van der Waals surface area contributed by atoms with Gasteiger partial charge >= 0.3 is 0 Å². The average molecular weight is 299 g/mol. The molecule has 2 N–H and O–H groups in total. The van der Waals surface area contributed by atoms with Crippen LogP contribution in [0.15, 0.2) is 53.6 Å². The van der Waals surface area contributed by atoms with E-state index in [1.54, 1.807) is 19.1 Å². The van der Waals surface area contributed by atoms with Gasteiger partial charge < -0.3 is 5.32 Å². The minimum Gasteiger partial charge on any atom is -0.376 e. The van der Waals surface area contributed by atoms with E-state index in [4.69, 9.17) is 0 Å². The number of nitrogens with one attached hydrogen (secondary N) is 2. The molecule has 2 aromatic carbocycles. The maximum Gasteiger partial charge on any atom is 0.259 e. The van der Waals surface area contributed by atoms with Gasteiger partial charge in [0.15, 0.2) is 0 Å². The van der Waals surface area contributed by atoms with E-state index in [0.29, 0.717) is 5.71 Å². The Balaban J connectivity index is 1.85. The van der Waals surface area contributed by atoms with Crippen LogP contribution in [0.4, 0.5) is 10.1 Å². The zero-order chi connectivity index (χ0) is 15.9. The van der Waals surface area contributed by atoms with Crippen LogP contribution in [-0.2, 0) is 4.79 Å². The molecule has 0 aliphatic rings. The number of halogens is 1. The molecular formula is C17H18FN3O. The molecule has 0 saturated heterocycles. The normalized spacial score (nSPS) is 11.1. The van der Waals surface area contributed by atoms with Gasteiger partial charge in [0.2, 0.25) is 0 Å². The molecule has 0 aromatic heterocycles. The van der Waals surface area contributed by atoms with Crippen molar-refractivity contribution in [3.63, 3.8) is 0 Å². The molecule has 22 heavy (non-hydrogen) atoms. The third-order valence-corrected chi connectivity index (χ3v) is 3.11. The highest BCUT2D eigenvalue weighted by Crippen LogP contribution is 2.07. The minimum absolute atomic E-state index is 0.128. The Labute approximate surface area is 129 Å². The van der Waals surface area contributed by atoms with E-state index in [2.05, 4.69) is 15.8 Å². The molecule has 4 nitrogen and oxygen atoms in total. The Kier molecular flexibility index (Phi) is 5.25. The van der Waals surface area contributed by atoms with Crippen molar-refractivity contribution in [1.29, 1.82) is 0 Å². The fourth-order valence-corrected chi connectivity index (χ4v) is 1.80. The van der Waals surface area contributed by atoms with Gasteiger partial charge in [-0.2, -0.15) is 5.10 Å². The summed E-state index contributed by atoms with van der Waals surface area (Å²) in [6.07, 6.45) is 0. The van der Waals surface area contributed by atoms with Crippen molar-refractivity contribution < 1.29 is 9.18 Å². The van der Waals surface area contributed by atoms with Crippen LogP contribution in [0.5, 0.6) is 0 Å². The van der Waals surface area contributed by atoms with Crippen molar-refractivity contribution in [2.75, 3.05) is 11.9 Å². The third-order valence-electron chi connectivity index (χ3n) is 3.11. The number of hydrogen-bond donors (Lipinski definition) is 2. The molecule has 0 aliphatic heterocycles. The van der Waals surface area contributed by atoms with Crippen LogP contribution in [0.25, 0.3) is 0 Å². The fourth-order valence-electron chi connectivity index (χ4n) is 1.80. The van der Waals surface area contributed by atoms with Gasteiger partial charge in [-0.05, 0) is 43.7 Å². The van der Waals surface area contributed by atoms with E-state index in [1.807, 2.05) is 31.2 Å². The van der Waals surface area contributed by atoms with Crippen molar-refractivity contribution in [2.45, 2.75) is 13.8 Å². The molecular weight excluding hydrogens is 281 g/mol. The number of hydrazone groups is 1. The molecule has 0 aliphatic carbocycles.